The molecule has 7 aromatic carbocycles. The zero-order valence-electron chi connectivity index (χ0n) is 29.9. The summed E-state index contributed by atoms with van der Waals surface area (Å²) in [6, 6.07) is 62.7. The first-order valence-corrected chi connectivity index (χ1v) is 19.6. The first kappa shape index (κ1) is 31.8. The van der Waals surface area contributed by atoms with Gasteiger partial charge in [-0.25, -0.2) is 9.97 Å². The summed E-state index contributed by atoms with van der Waals surface area (Å²) in [6.45, 7) is 0. The van der Waals surface area contributed by atoms with Crippen molar-refractivity contribution in [2.75, 3.05) is 4.90 Å². The lowest BCUT2D eigenvalue weighted by Gasteiger charge is -2.33. The van der Waals surface area contributed by atoms with Crippen LogP contribution in [-0.2, 0) is 6.42 Å². The van der Waals surface area contributed by atoms with Gasteiger partial charge in [0.25, 0.3) is 0 Å². The van der Waals surface area contributed by atoms with E-state index in [9.17, 15) is 0 Å². The Kier molecular flexibility index (Phi) is 7.52. The predicted molar refractivity (Wildman–Crippen MR) is 228 cm³/mol. The number of anilines is 3. The van der Waals surface area contributed by atoms with Crippen molar-refractivity contribution in [2.45, 2.75) is 22.1 Å². The number of hydrogen-bond acceptors (Lipinski definition) is 4. The summed E-state index contributed by atoms with van der Waals surface area (Å²) in [5.74, 6) is 1.77. The molecule has 0 bridgehead atoms. The second-order valence-electron chi connectivity index (χ2n) is 14.2. The Hall–Kier alpha value is -6.69. The summed E-state index contributed by atoms with van der Waals surface area (Å²) in [7, 11) is 0. The molecule has 1 aliphatic heterocycles. The van der Waals surface area contributed by atoms with Gasteiger partial charge in [-0.05, 0) is 76.9 Å². The van der Waals surface area contributed by atoms with Crippen LogP contribution in [0.2, 0.25) is 0 Å². The summed E-state index contributed by atoms with van der Waals surface area (Å²) in [5, 5.41) is 3.79. The molecule has 0 N–H and O–H groups in total. The highest BCUT2D eigenvalue weighted by Crippen LogP contribution is 2.52. The summed E-state index contributed by atoms with van der Waals surface area (Å²) >= 11 is 1.85. The van der Waals surface area contributed by atoms with Gasteiger partial charge in [0, 0.05) is 44.0 Å². The van der Waals surface area contributed by atoms with Gasteiger partial charge < -0.3 is 4.90 Å². The lowest BCUT2D eigenvalue weighted by molar-refractivity contribution is 0.821. The molecule has 55 heavy (non-hydrogen) atoms. The minimum Gasteiger partial charge on any atom is -0.308 e. The molecule has 2 aromatic heterocycles. The van der Waals surface area contributed by atoms with Crippen molar-refractivity contribution >= 4 is 56.6 Å². The first-order valence-electron chi connectivity index (χ1n) is 18.8. The molecule has 0 fully saturated rings. The van der Waals surface area contributed by atoms with Gasteiger partial charge in [0.1, 0.15) is 5.82 Å². The largest absolute Gasteiger partial charge is 0.308 e. The number of rotatable bonds is 5. The zero-order chi connectivity index (χ0) is 36.3. The average Bonchev–Trinajstić information content (AvgIpc) is 3.60. The van der Waals surface area contributed by atoms with E-state index in [2.05, 4.69) is 173 Å². The van der Waals surface area contributed by atoms with E-state index >= 15 is 0 Å². The quantitative estimate of drug-likeness (QED) is 0.177. The third-order valence-corrected chi connectivity index (χ3v) is 12.1. The van der Waals surface area contributed by atoms with E-state index in [1.54, 1.807) is 0 Å². The Labute approximate surface area is 324 Å². The third-order valence-electron chi connectivity index (χ3n) is 10.9. The maximum Gasteiger partial charge on any atom is 0.162 e. The fourth-order valence-corrected chi connectivity index (χ4v) is 9.43. The van der Waals surface area contributed by atoms with Gasteiger partial charge in [-0.2, -0.15) is 0 Å². The average molecular weight is 723 g/mol. The van der Waals surface area contributed by atoms with Crippen LogP contribution in [-0.4, -0.2) is 14.5 Å². The summed E-state index contributed by atoms with van der Waals surface area (Å²) in [6.07, 6.45) is 5.61. The topological polar surface area (TPSA) is 34.0 Å². The van der Waals surface area contributed by atoms with Crippen LogP contribution >= 0.6 is 11.8 Å². The molecule has 2 aliphatic rings. The Morgan fingerprint density at radius 2 is 1.29 bits per heavy atom. The van der Waals surface area contributed by atoms with Crippen molar-refractivity contribution in [2.24, 2.45) is 0 Å². The molecule has 0 saturated heterocycles. The van der Waals surface area contributed by atoms with E-state index in [1.807, 2.05) is 36.0 Å². The van der Waals surface area contributed by atoms with Gasteiger partial charge in [-0.1, -0.05) is 145 Å². The van der Waals surface area contributed by atoms with Crippen LogP contribution in [0.5, 0.6) is 0 Å². The van der Waals surface area contributed by atoms with Crippen LogP contribution in [0.1, 0.15) is 22.7 Å². The summed E-state index contributed by atoms with van der Waals surface area (Å²) in [5.41, 5.74) is 11.5. The minimum absolute atomic E-state index is 0.195. The van der Waals surface area contributed by atoms with Crippen LogP contribution in [0.25, 0.3) is 56.2 Å². The monoisotopic (exact) mass is 722 g/mol. The van der Waals surface area contributed by atoms with Crippen molar-refractivity contribution in [1.82, 2.24) is 14.5 Å². The molecule has 0 saturated carbocycles. The fourth-order valence-electron chi connectivity index (χ4n) is 8.39. The smallest absolute Gasteiger partial charge is 0.162 e. The lowest BCUT2D eigenvalue weighted by Crippen LogP contribution is -2.16. The molecule has 4 nitrogen and oxygen atoms in total. The van der Waals surface area contributed by atoms with Gasteiger partial charge >= 0.3 is 0 Å². The number of nitrogens with zero attached hydrogens (tertiary/aromatic N) is 4. The van der Waals surface area contributed by atoms with Crippen LogP contribution in [0.4, 0.5) is 17.1 Å². The second kappa shape index (κ2) is 13.0. The molecule has 3 heterocycles. The molecule has 9 aromatic rings. The highest BCUT2D eigenvalue weighted by atomic mass is 32.2. The molecule has 11 rings (SSSR count). The number of aromatic nitrogens is 3. The van der Waals surface area contributed by atoms with Gasteiger partial charge in [-0.3, -0.25) is 4.57 Å². The Bertz CT molecular complexity index is 2880. The number of para-hydroxylation sites is 2. The van der Waals surface area contributed by atoms with Crippen LogP contribution < -0.4 is 4.90 Å². The number of hydrogen-bond donors (Lipinski definition) is 0. The summed E-state index contributed by atoms with van der Waals surface area (Å²) < 4.78 is 2.36. The van der Waals surface area contributed by atoms with Crippen LogP contribution in [0, 0.1) is 0 Å². The Balaban J connectivity index is 1.09. The van der Waals surface area contributed by atoms with Gasteiger partial charge in [0.05, 0.1) is 28.3 Å². The molecule has 1 unspecified atom stereocenters. The highest BCUT2D eigenvalue weighted by molar-refractivity contribution is 7.99. The van der Waals surface area contributed by atoms with Gasteiger partial charge in [0.2, 0.25) is 0 Å². The van der Waals surface area contributed by atoms with Crippen molar-refractivity contribution < 1.29 is 0 Å². The number of benzene rings is 7. The first-order chi connectivity index (χ1) is 27.3. The van der Waals surface area contributed by atoms with E-state index in [4.69, 9.17) is 9.97 Å². The summed E-state index contributed by atoms with van der Waals surface area (Å²) in [4.78, 5) is 15.4. The fraction of sp³-hybridized carbons (Fsp3) is 0.0400. The van der Waals surface area contributed by atoms with Crippen molar-refractivity contribution in [3.05, 3.63) is 199 Å². The van der Waals surface area contributed by atoms with Crippen LogP contribution in [0.3, 0.4) is 0 Å². The highest BCUT2D eigenvalue weighted by Gasteiger charge is 2.29. The van der Waals surface area contributed by atoms with Crippen molar-refractivity contribution in [3.63, 3.8) is 0 Å². The third kappa shape index (κ3) is 5.38. The van der Waals surface area contributed by atoms with E-state index < -0.39 is 0 Å². The number of fused-ring (bicyclic) bond motifs is 7. The molecule has 5 heteroatoms. The maximum absolute atomic E-state index is 5.30. The number of allylic oxidation sites excluding steroid dienone is 1. The van der Waals surface area contributed by atoms with Crippen molar-refractivity contribution in [3.8, 4) is 28.5 Å². The minimum atomic E-state index is 0.195. The Morgan fingerprint density at radius 1 is 0.582 bits per heavy atom. The molecule has 0 spiro atoms. The normalized spacial score (nSPS) is 14.5. The molecular weight excluding hydrogens is 689 g/mol. The molecular formula is C50H34N4S. The standard InChI is InChI=1S/C50H34N4S/c1-4-15-34(16-5-1)41-32-48(52-50(51-41)35-17-6-2-7-18-35)54-42-27-25-36(30-40(42)49-39-21-11-10-14-33(39)24-28-44(49)54)37-26-29-47-45(31-37)53(38-19-8-3-9-20-38)43-22-12-13-23-46(43)55-47/h1-29,31-32,36H,30H2. The van der Waals surface area contributed by atoms with E-state index in [0.717, 1.165) is 34.6 Å². The second-order valence-corrected chi connectivity index (χ2v) is 15.3. The lowest BCUT2D eigenvalue weighted by atomic mass is 9.85. The van der Waals surface area contributed by atoms with Crippen molar-refractivity contribution in [1.29, 1.82) is 0 Å². The van der Waals surface area contributed by atoms with E-state index in [1.165, 1.54) is 59.8 Å². The molecule has 1 atom stereocenters. The van der Waals surface area contributed by atoms with E-state index in [-0.39, 0.29) is 5.92 Å². The van der Waals surface area contributed by atoms with E-state index in [0.29, 0.717) is 5.82 Å². The van der Waals surface area contributed by atoms with Crippen LogP contribution in [0.15, 0.2) is 192 Å². The van der Waals surface area contributed by atoms with Gasteiger partial charge in [0.15, 0.2) is 5.82 Å². The maximum atomic E-state index is 5.30. The Morgan fingerprint density at radius 3 is 2.13 bits per heavy atom. The van der Waals surface area contributed by atoms with Gasteiger partial charge in [-0.15, -0.1) is 0 Å². The molecule has 0 radical (unpaired) electrons. The molecule has 1 aliphatic carbocycles. The predicted octanol–water partition coefficient (Wildman–Crippen LogP) is 13.2. The molecule has 260 valence electrons. The zero-order valence-corrected chi connectivity index (χ0v) is 30.7. The molecule has 0 amide bonds. The SMILES string of the molecule is C1=CC(c2ccc3c(c2)N(c2ccccc2)c2ccccc2S3)Cc2c1n(-c1cc(-c3ccccc3)nc(-c3ccccc3)n1)c1ccc3ccccc3c21.